The quantitative estimate of drug-likeness (QED) is 0.824. The Kier molecular flexibility index (Phi) is 3.39. The van der Waals surface area contributed by atoms with Crippen LogP contribution in [0.25, 0.3) is 0 Å². The van der Waals surface area contributed by atoms with Crippen LogP contribution in [-0.2, 0) is 11.3 Å². The Balaban J connectivity index is 1.89. The van der Waals surface area contributed by atoms with E-state index in [0.717, 1.165) is 10.2 Å². The van der Waals surface area contributed by atoms with Gasteiger partial charge in [0.25, 0.3) is 0 Å². The van der Waals surface area contributed by atoms with Crippen molar-refractivity contribution in [3.63, 3.8) is 0 Å². The molecular weight excluding hydrogens is 326 g/mol. The van der Waals surface area contributed by atoms with Gasteiger partial charge in [-0.05, 0) is 35.5 Å². The molecule has 1 aliphatic rings. The van der Waals surface area contributed by atoms with E-state index in [1.54, 1.807) is 4.90 Å². The van der Waals surface area contributed by atoms with Crippen molar-refractivity contribution in [1.82, 2.24) is 20.2 Å². The van der Waals surface area contributed by atoms with Crippen molar-refractivity contribution in [2.75, 3.05) is 11.4 Å². The van der Waals surface area contributed by atoms with Crippen LogP contribution in [0, 0.1) is 0 Å². The van der Waals surface area contributed by atoms with Gasteiger partial charge in [-0.3, -0.25) is 4.79 Å². The Morgan fingerprint density at radius 3 is 3.15 bits per heavy atom. The van der Waals surface area contributed by atoms with Gasteiger partial charge in [0.05, 0.1) is 12.2 Å². The molecule has 0 radical (unpaired) electrons. The van der Waals surface area contributed by atoms with Gasteiger partial charge in [-0.1, -0.05) is 15.9 Å². The Hall–Kier alpha value is -1.96. The molecule has 20 heavy (non-hydrogen) atoms. The molecule has 0 aliphatic carbocycles. The highest BCUT2D eigenvalue weighted by Crippen LogP contribution is 2.35. The van der Waals surface area contributed by atoms with E-state index in [0.29, 0.717) is 12.3 Å². The molecule has 1 aromatic heterocycles. The zero-order valence-corrected chi connectivity index (χ0v) is 12.3. The SMILES string of the molecule is C[C@H]1CN(C(=O)Cn2cnnn2)c2cc(Br)ccc2O1. The average molecular weight is 338 g/mol. The second kappa shape index (κ2) is 5.20. The molecule has 1 aromatic carbocycles. The number of rotatable bonds is 2. The van der Waals surface area contributed by atoms with Crippen LogP contribution in [0.4, 0.5) is 5.69 Å². The summed E-state index contributed by atoms with van der Waals surface area (Å²) in [6.07, 6.45) is 1.37. The predicted octanol–water partition coefficient (Wildman–Crippen LogP) is 1.25. The van der Waals surface area contributed by atoms with E-state index in [9.17, 15) is 4.79 Å². The normalized spacial score (nSPS) is 17.5. The first-order chi connectivity index (χ1) is 9.63. The summed E-state index contributed by atoms with van der Waals surface area (Å²) in [6, 6.07) is 5.62. The van der Waals surface area contributed by atoms with Gasteiger partial charge in [0.15, 0.2) is 0 Å². The van der Waals surface area contributed by atoms with E-state index >= 15 is 0 Å². The van der Waals surface area contributed by atoms with Gasteiger partial charge in [0.1, 0.15) is 24.7 Å². The van der Waals surface area contributed by atoms with Gasteiger partial charge in [-0.2, -0.15) is 0 Å². The number of ether oxygens (including phenoxy) is 1. The number of carbonyl (C=O) groups excluding carboxylic acids is 1. The maximum atomic E-state index is 12.4. The third-order valence-corrected chi connectivity index (χ3v) is 3.46. The number of amides is 1. The van der Waals surface area contributed by atoms with E-state index in [1.807, 2.05) is 25.1 Å². The Morgan fingerprint density at radius 1 is 1.55 bits per heavy atom. The summed E-state index contributed by atoms with van der Waals surface area (Å²) in [6.45, 7) is 2.54. The second-order valence-electron chi connectivity index (χ2n) is 4.55. The molecule has 1 amide bonds. The lowest BCUT2D eigenvalue weighted by atomic mass is 10.2. The third kappa shape index (κ3) is 2.51. The Bertz CT molecular complexity index is 631. The van der Waals surface area contributed by atoms with Gasteiger partial charge in [-0.25, -0.2) is 4.68 Å². The number of benzene rings is 1. The first-order valence-electron chi connectivity index (χ1n) is 6.11. The molecule has 0 fully saturated rings. The van der Waals surface area contributed by atoms with Crippen LogP contribution >= 0.6 is 15.9 Å². The summed E-state index contributed by atoms with van der Waals surface area (Å²) in [5.41, 5.74) is 0.760. The zero-order valence-electron chi connectivity index (χ0n) is 10.7. The maximum Gasteiger partial charge on any atom is 0.249 e. The monoisotopic (exact) mass is 337 g/mol. The van der Waals surface area contributed by atoms with Crippen molar-refractivity contribution < 1.29 is 9.53 Å². The molecule has 104 valence electrons. The number of halogens is 1. The average Bonchev–Trinajstić information content (AvgIpc) is 2.91. The number of aromatic nitrogens is 4. The number of tetrazole rings is 1. The van der Waals surface area contributed by atoms with Gasteiger partial charge in [0, 0.05) is 4.47 Å². The first-order valence-corrected chi connectivity index (χ1v) is 6.90. The molecule has 8 heteroatoms. The molecule has 0 saturated carbocycles. The predicted molar refractivity (Wildman–Crippen MR) is 74.4 cm³/mol. The highest BCUT2D eigenvalue weighted by atomic mass is 79.9. The van der Waals surface area contributed by atoms with Gasteiger partial charge >= 0.3 is 0 Å². The van der Waals surface area contributed by atoms with Crippen molar-refractivity contribution in [2.24, 2.45) is 0 Å². The van der Waals surface area contributed by atoms with E-state index < -0.39 is 0 Å². The van der Waals surface area contributed by atoms with E-state index in [2.05, 4.69) is 31.5 Å². The summed E-state index contributed by atoms with van der Waals surface area (Å²) in [7, 11) is 0. The van der Waals surface area contributed by atoms with E-state index in [1.165, 1.54) is 11.0 Å². The number of fused-ring (bicyclic) bond motifs is 1. The van der Waals surface area contributed by atoms with E-state index in [-0.39, 0.29) is 18.6 Å². The number of carbonyl (C=O) groups is 1. The number of hydrogen-bond acceptors (Lipinski definition) is 5. The van der Waals surface area contributed by atoms with Crippen molar-refractivity contribution in [3.05, 3.63) is 29.0 Å². The number of anilines is 1. The standard InChI is InChI=1S/C12H12BrN5O2/c1-8-5-18(12(19)6-17-7-14-15-16-17)10-4-9(13)2-3-11(10)20-8/h2-4,7-8H,5-6H2,1H3/t8-/m0/s1. The smallest absolute Gasteiger partial charge is 0.249 e. The minimum Gasteiger partial charge on any atom is -0.487 e. The largest absolute Gasteiger partial charge is 0.487 e. The topological polar surface area (TPSA) is 73.1 Å². The minimum atomic E-state index is -0.0770. The van der Waals surface area contributed by atoms with Crippen LogP contribution < -0.4 is 9.64 Å². The molecule has 0 bridgehead atoms. The van der Waals surface area contributed by atoms with Crippen LogP contribution in [0.15, 0.2) is 29.0 Å². The molecule has 3 rings (SSSR count). The molecule has 2 heterocycles. The molecule has 7 nitrogen and oxygen atoms in total. The lowest BCUT2D eigenvalue weighted by molar-refractivity contribution is -0.119. The fourth-order valence-electron chi connectivity index (χ4n) is 2.12. The van der Waals surface area contributed by atoms with Gasteiger partial charge in [-0.15, -0.1) is 5.10 Å². The Morgan fingerprint density at radius 2 is 2.40 bits per heavy atom. The van der Waals surface area contributed by atoms with Gasteiger partial charge in [0.2, 0.25) is 5.91 Å². The molecule has 0 spiro atoms. The molecule has 1 atom stereocenters. The molecule has 2 aromatic rings. The van der Waals surface area contributed by atoms with E-state index in [4.69, 9.17) is 4.74 Å². The summed E-state index contributed by atoms with van der Waals surface area (Å²) in [5.74, 6) is 0.629. The lowest BCUT2D eigenvalue weighted by Gasteiger charge is -2.33. The minimum absolute atomic E-state index is 0.0542. The van der Waals surface area contributed by atoms with Gasteiger partial charge < -0.3 is 9.64 Å². The highest BCUT2D eigenvalue weighted by Gasteiger charge is 2.28. The first kappa shape index (κ1) is 13.0. The molecule has 0 N–H and O–H groups in total. The fraction of sp³-hybridized carbons (Fsp3) is 0.333. The zero-order chi connectivity index (χ0) is 14.1. The van der Waals surface area contributed by atoms with Crippen molar-refractivity contribution in [1.29, 1.82) is 0 Å². The number of nitrogens with zero attached hydrogens (tertiary/aromatic N) is 5. The maximum absolute atomic E-state index is 12.4. The molecule has 1 aliphatic heterocycles. The van der Waals surface area contributed by atoms with Crippen molar-refractivity contribution >= 4 is 27.5 Å². The lowest BCUT2D eigenvalue weighted by Crippen LogP contribution is -2.43. The van der Waals surface area contributed by atoms with Crippen LogP contribution in [0.3, 0.4) is 0 Å². The van der Waals surface area contributed by atoms with Crippen LogP contribution in [0.2, 0.25) is 0 Å². The van der Waals surface area contributed by atoms with Crippen molar-refractivity contribution in [3.8, 4) is 5.75 Å². The summed E-state index contributed by atoms with van der Waals surface area (Å²) in [5, 5.41) is 10.8. The van der Waals surface area contributed by atoms with Crippen LogP contribution in [0.5, 0.6) is 5.75 Å². The van der Waals surface area contributed by atoms with Crippen LogP contribution in [-0.4, -0.2) is 38.8 Å². The molecule has 0 saturated heterocycles. The molecular formula is C12H12BrN5O2. The Labute approximate surface area is 123 Å². The summed E-state index contributed by atoms with van der Waals surface area (Å²) >= 11 is 3.41. The molecule has 0 unspecified atom stereocenters. The van der Waals surface area contributed by atoms with Crippen molar-refractivity contribution in [2.45, 2.75) is 19.6 Å². The second-order valence-corrected chi connectivity index (χ2v) is 5.47. The summed E-state index contributed by atoms with van der Waals surface area (Å²) in [4.78, 5) is 14.1. The number of hydrogen-bond donors (Lipinski definition) is 0. The van der Waals surface area contributed by atoms with Crippen LogP contribution in [0.1, 0.15) is 6.92 Å². The highest BCUT2D eigenvalue weighted by molar-refractivity contribution is 9.10. The fourth-order valence-corrected chi connectivity index (χ4v) is 2.47. The third-order valence-electron chi connectivity index (χ3n) is 2.97. The summed E-state index contributed by atoms with van der Waals surface area (Å²) < 4.78 is 8.04.